The van der Waals surface area contributed by atoms with E-state index >= 15 is 0 Å². The van der Waals surface area contributed by atoms with Gasteiger partial charge in [-0.15, -0.1) is 0 Å². The molecule has 5 heteroatoms. The highest BCUT2D eigenvalue weighted by Crippen LogP contribution is 2.20. The minimum atomic E-state index is 0.440. The zero-order valence-corrected chi connectivity index (χ0v) is 11.0. The van der Waals surface area contributed by atoms with E-state index < -0.39 is 0 Å². The van der Waals surface area contributed by atoms with E-state index in [1.165, 1.54) is 0 Å². The van der Waals surface area contributed by atoms with Crippen LogP contribution in [-0.2, 0) is 6.54 Å². The van der Waals surface area contributed by atoms with E-state index in [2.05, 4.69) is 16.0 Å². The molecule has 2 N–H and O–H groups in total. The lowest BCUT2D eigenvalue weighted by Gasteiger charge is -2.06. The molecule has 0 radical (unpaired) electrons. The second-order valence-electron chi connectivity index (χ2n) is 4.68. The summed E-state index contributed by atoms with van der Waals surface area (Å²) in [6.07, 6.45) is 1.83. The molecule has 0 saturated heterocycles. The summed E-state index contributed by atoms with van der Waals surface area (Å²) in [5.41, 5.74) is 10.2. The molecule has 0 aliphatic rings. The van der Waals surface area contributed by atoms with Crippen molar-refractivity contribution in [3.8, 4) is 6.07 Å². The monoisotopic (exact) mass is 263 g/mol. The number of aromatic nitrogens is 3. The minimum Gasteiger partial charge on any atom is -0.369 e. The van der Waals surface area contributed by atoms with E-state index in [0.29, 0.717) is 18.1 Å². The molecule has 2 heterocycles. The maximum absolute atomic E-state index is 8.99. The van der Waals surface area contributed by atoms with Gasteiger partial charge in [-0.1, -0.05) is 6.07 Å². The summed E-state index contributed by atoms with van der Waals surface area (Å²) in [6.45, 7) is 2.54. The lowest BCUT2D eigenvalue weighted by atomic mass is 10.2. The molecular formula is C15H13N5. The average molecular weight is 263 g/mol. The fraction of sp³-hybridized carbons (Fsp3) is 0.133. The van der Waals surface area contributed by atoms with E-state index in [9.17, 15) is 0 Å². The number of anilines is 1. The Labute approximate surface area is 116 Å². The van der Waals surface area contributed by atoms with Gasteiger partial charge in [0, 0.05) is 11.9 Å². The van der Waals surface area contributed by atoms with E-state index in [0.717, 1.165) is 22.3 Å². The molecule has 0 aliphatic carbocycles. The van der Waals surface area contributed by atoms with Crippen LogP contribution in [0, 0.1) is 18.3 Å². The zero-order valence-electron chi connectivity index (χ0n) is 11.0. The summed E-state index contributed by atoms with van der Waals surface area (Å²) in [6, 6.07) is 11.5. The number of benzene rings is 1. The van der Waals surface area contributed by atoms with Crippen molar-refractivity contribution in [2.24, 2.45) is 0 Å². The van der Waals surface area contributed by atoms with Gasteiger partial charge in [0.2, 0.25) is 5.95 Å². The van der Waals surface area contributed by atoms with E-state index in [-0.39, 0.29) is 0 Å². The van der Waals surface area contributed by atoms with Crippen molar-refractivity contribution in [3.63, 3.8) is 0 Å². The third kappa shape index (κ3) is 2.08. The Morgan fingerprint density at radius 3 is 2.85 bits per heavy atom. The normalized spacial score (nSPS) is 10.6. The summed E-state index contributed by atoms with van der Waals surface area (Å²) in [5.74, 6) is 0.440. The van der Waals surface area contributed by atoms with Gasteiger partial charge in [-0.2, -0.15) is 5.26 Å². The number of nitrogen functional groups attached to an aromatic ring is 1. The second-order valence-corrected chi connectivity index (χ2v) is 4.68. The molecule has 0 atom stereocenters. The molecule has 1 aromatic carbocycles. The van der Waals surface area contributed by atoms with Crippen molar-refractivity contribution in [2.75, 3.05) is 5.73 Å². The topological polar surface area (TPSA) is 80.5 Å². The average Bonchev–Trinajstić information content (AvgIpc) is 2.77. The number of nitrogens with two attached hydrogens (primary N) is 1. The number of imidazole rings is 1. The maximum Gasteiger partial charge on any atom is 0.201 e. The number of aryl methyl sites for hydroxylation is 1. The number of fused-ring (bicyclic) bond motifs is 1. The van der Waals surface area contributed by atoms with Crippen LogP contribution < -0.4 is 5.73 Å². The number of hydrogen-bond acceptors (Lipinski definition) is 4. The highest BCUT2D eigenvalue weighted by atomic mass is 15.1. The lowest BCUT2D eigenvalue weighted by Crippen LogP contribution is -2.05. The highest BCUT2D eigenvalue weighted by molar-refractivity contribution is 5.80. The number of nitriles is 1. The minimum absolute atomic E-state index is 0.440. The van der Waals surface area contributed by atoms with Gasteiger partial charge >= 0.3 is 0 Å². The number of nitrogens with zero attached hydrogens (tertiary/aromatic N) is 4. The lowest BCUT2D eigenvalue weighted by molar-refractivity contribution is 0.831. The maximum atomic E-state index is 8.99. The van der Waals surface area contributed by atoms with Gasteiger partial charge in [0.1, 0.15) is 0 Å². The summed E-state index contributed by atoms with van der Waals surface area (Å²) < 4.78 is 1.89. The predicted molar refractivity (Wildman–Crippen MR) is 76.9 cm³/mol. The smallest absolute Gasteiger partial charge is 0.201 e. The first-order valence-electron chi connectivity index (χ1n) is 6.25. The Morgan fingerprint density at radius 1 is 1.30 bits per heavy atom. The Balaban J connectivity index is 2.08. The van der Waals surface area contributed by atoms with Crippen LogP contribution in [0.3, 0.4) is 0 Å². The largest absolute Gasteiger partial charge is 0.369 e. The molecule has 0 amide bonds. The Kier molecular flexibility index (Phi) is 2.84. The molecule has 0 aliphatic heterocycles. The van der Waals surface area contributed by atoms with Crippen LogP contribution >= 0.6 is 0 Å². The molecule has 3 aromatic rings. The van der Waals surface area contributed by atoms with Crippen molar-refractivity contribution >= 4 is 17.0 Å². The third-order valence-corrected chi connectivity index (χ3v) is 3.22. The predicted octanol–water partition coefficient (Wildman–Crippen LogP) is 2.24. The van der Waals surface area contributed by atoms with Crippen molar-refractivity contribution in [1.82, 2.24) is 14.5 Å². The first kappa shape index (κ1) is 12.2. The number of rotatable bonds is 2. The van der Waals surface area contributed by atoms with Gasteiger partial charge in [-0.05, 0) is 36.8 Å². The second kappa shape index (κ2) is 4.67. The van der Waals surface area contributed by atoms with Crippen molar-refractivity contribution in [3.05, 3.63) is 53.3 Å². The Morgan fingerprint density at radius 2 is 2.15 bits per heavy atom. The van der Waals surface area contributed by atoms with Gasteiger partial charge in [0.05, 0.1) is 29.2 Å². The molecule has 20 heavy (non-hydrogen) atoms. The molecule has 0 saturated carbocycles. The highest BCUT2D eigenvalue weighted by Gasteiger charge is 2.09. The van der Waals surface area contributed by atoms with Gasteiger partial charge in [-0.3, -0.25) is 4.98 Å². The molecule has 0 fully saturated rings. The third-order valence-electron chi connectivity index (χ3n) is 3.22. The molecular weight excluding hydrogens is 250 g/mol. The van der Waals surface area contributed by atoms with Crippen molar-refractivity contribution in [2.45, 2.75) is 13.5 Å². The first-order chi connectivity index (χ1) is 9.67. The SMILES string of the molecule is Cc1ccc(Cn2c(N)nc3ccc(C#N)cc32)cn1. The zero-order chi connectivity index (χ0) is 14.1. The van der Waals surface area contributed by atoms with E-state index in [1.807, 2.05) is 35.9 Å². The molecule has 5 nitrogen and oxygen atoms in total. The Hall–Kier alpha value is -2.87. The van der Waals surface area contributed by atoms with Crippen LogP contribution in [0.25, 0.3) is 11.0 Å². The Bertz CT molecular complexity index is 809. The van der Waals surface area contributed by atoms with Crippen LogP contribution in [0.15, 0.2) is 36.5 Å². The van der Waals surface area contributed by atoms with Crippen LogP contribution in [0.1, 0.15) is 16.8 Å². The van der Waals surface area contributed by atoms with Gasteiger partial charge < -0.3 is 10.3 Å². The molecule has 0 unspecified atom stereocenters. The van der Waals surface area contributed by atoms with Crippen molar-refractivity contribution < 1.29 is 0 Å². The van der Waals surface area contributed by atoms with Crippen LogP contribution in [0.5, 0.6) is 0 Å². The summed E-state index contributed by atoms with van der Waals surface area (Å²) in [7, 11) is 0. The summed E-state index contributed by atoms with van der Waals surface area (Å²) >= 11 is 0. The number of pyridine rings is 1. The summed E-state index contributed by atoms with van der Waals surface area (Å²) in [4.78, 5) is 8.59. The fourth-order valence-electron chi connectivity index (χ4n) is 2.15. The van der Waals surface area contributed by atoms with Gasteiger partial charge in [-0.25, -0.2) is 4.98 Å². The molecule has 0 spiro atoms. The molecule has 0 bridgehead atoms. The molecule has 2 aromatic heterocycles. The fourth-order valence-corrected chi connectivity index (χ4v) is 2.15. The van der Waals surface area contributed by atoms with Gasteiger partial charge in [0.25, 0.3) is 0 Å². The number of hydrogen-bond donors (Lipinski definition) is 1. The van der Waals surface area contributed by atoms with Crippen molar-refractivity contribution in [1.29, 1.82) is 5.26 Å². The molecule has 98 valence electrons. The van der Waals surface area contributed by atoms with E-state index in [4.69, 9.17) is 11.0 Å². The standard InChI is InChI=1S/C15H13N5/c1-10-2-3-12(8-18-10)9-20-14-6-11(7-16)4-5-13(14)19-15(20)17/h2-6,8H,9H2,1H3,(H2,17,19). The quantitative estimate of drug-likeness (QED) is 0.768. The van der Waals surface area contributed by atoms with Crippen LogP contribution in [-0.4, -0.2) is 14.5 Å². The van der Waals surface area contributed by atoms with Crippen LogP contribution in [0.2, 0.25) is 0 Å². The first-order valence-corrected chi connectivity index (χ1v) is 6.25. The molecule has 3 rings (SSSR count). The van der Waals surface area contributed by atoms with Gasteiger partial charge in [0.15, 0.2) is 0 Å². The summed E-state index contributed by atoms with van der Waals surface area (Å²) in [5, 5.41) is 8.99. The van der Waals surface area contributed by atoms with Crippen LogP contribution in [0.4, 0.5) is 5.95 Å². The van der Waals surface area contributed by atoms with E-state index in [1.54, 1.807) is 12.1 Å².